The average molecular weight is 316 g/mol. The Kier molecular flexibility index (Phi) is 4.62. The third-order valence-electron chi connectivity index (χ3n) is 4.09. The third-order valence-corrected chi connectivity index (χ3v) is 4.09. The molecule has 3 rings (SSSR count). The highest BCUT2D eigenvalue weighted by molar-refractivity contribution is 5.94. The molecule has 0 aromatic heterocycles. The highest BCUT2D eigenvalue weighted by Crippen LogP contribution is 2.26. The van der Waals surface area contributed by atoms with Crippen LogP contribution in [0.1, 0.15) is 16.7 Å². The zero-order valence-corrected chi connectivity index (χ0v) is 13.6. The molecule has 0 fully saturated rings. The van der Waals surface area contributed by atoms with Crippen LogP contribution in [0.3, 0.4) is 0 Å². The quantitative estimate of drug-likeness (QED) is 0.537. The van der Waals surface area contributed by atoms with Gasteiger partial charge in [-0.25, -0.2) is 0 Å². The number of ether oxygens (including phenoxy) is 1. The van der Waals surface area contributed by atoms with E-state index in [2.05, 4.69) is 49.4 Å². The van der Waals surface area contributed by atoms with Crippen LogP contribution in [0, 0.1) is 12.3 Å². The van der Waals surface area contributed by atoms with Crippen LogP contribution in [0.4, 0.5) is 0 Å². The minimum absolute atomic E-state index is 0.0629. The van der Waals surface area contributed by atoms with Gasteiger partial charge in [0.05, 0.1) is 0 Å². The van der Waals surface area contributed by atoms with E-state index < -0.39 is 0 Å². The fourth-order valence-corrected chi connectivity index (χ4v) is 2.66. The molecule has 0 radical (unpaired) electrons. The summed E-state index contributed by atoms with van der Waals surface area (Å²) >= 11 is 0. The van der Waals surface area contributed by atoms with Gasteiger partial charge in [0.1, 0.15) is 18.2 Å². The molecule has 0 bridgehead atoms. The second-order valence-corrected chi connectivity index (χ2v) is 5.68. The molecule has 3 aromatic rings. The number of amidine groups is 1. The smallest absolute Gasteiger partial charge is 0.122 e. The van der Waals surface area contributed by atoms with Crippen LogP contribution in [0.15, 0.2) is 72.8 Å². The Labute approximate surface area is 142 Å². The monoisotopic (exact) mass is 316 g/mol. The van der Waals surface area contributed by atoms with Gasteiger partial charge in [-0.15, -0.1) is 0 Å². The largest absolute Gasteiger partial charge is 0.489 e. The van der Waals surface area contributed by atoms with E-state index in [-0.39, 0.29) is 5.84 Å². The minimum Gasteiger partial charge on any atom is -0.489 e. The molecule has 0 unspecified atom stereocenters. The maximum atomic E-state index is 7.41. The van der Waals surface area contributed by atoms with Crippen LogP contribution in [0.25, 0.3) is 11.1 Å². The van der Waals surface area contributed by atoms with Gasteiger partial charge in [0.25, 0.3) is 0 Å². The first kappa shape index (κ1) is 15.8. The van der Waals surface area contributed by atoms with Gasteiger partial charge in [0.2, 0.25) is 0 Å². The Balaban J connectivity index is 1.77. The lowest BCUT2D eigenvalue weighted by atomic mass is 9.97. The fourth-order valence-electron chi connectivity index (χ4n) is 2.66. The van der Waals surface area contributed by atoms with E-state index in [1.165, 1.54) is 16.7 Å². The molecule has 0 atom stereocenters. The van der Waals surface area contributed by atoms with E-state index in [0.717, 1.165) is 11.3 Å². The molecular weight excluding hydrogens is 296 g/mol. The highest BCUT2D eigenvalue weighted by atomic mass is 16.5. The lowest BCUT2D eigenvalue weighted by molar-refractivity contribution is 0.305. The summed E-state index contributed by atoms with van der Waals surface area (Å²) in [6, 6.07) is 23.9. The molecule has 3 N–H and O–H groups in total. The Morgan fingerprint density at radius 1 is 0.917 bits per heavy atom. The first-order chi connectivity index (χ1) is 11.6. The van der Waals surface area contributed by atoms with Crippen LogP contribution in [-0.4, -0.2) is 5.84 Å². The van der Waals surface area contributed by atoms with Gasteiger partial charge in [-0.2, -0.15) is 0 Å². The summed E-state index contributed by atoms with van der Waals surface area (Å²) in [5.74, 6) is 0.831. The second-order valence-electron chi connectivity index (χ2n) is 5.68. The fraction of sp³-hybridized carbons (Fsp3) is 0.0952. The van der Waals surface area contributed by atoms with Crippen molar-refractivity contribution >= 4 is 5.84 Å². The van der Waals surface area contributed by atoms with E-state index in [0.29, 0.717) is 12.2 Å². The summed E-state index contributed by atoms with van der Waals surface area (Å²) in [6.45, 7) is 2.63. The predicted molar refractivity (Wildman–Crippen MR) is 98.4 cm³/mol. The Morgan fingerprint density at radius 3 is 2.29 bits per heavy atom. The molecule has 120 valence electrons. The van der Waals surface area contributed by atoms with Gasteiger partial charge in [0.15, 0.2) is 0 Å². The summed E-state index contributed by atoms with van der Waals surface area (Å²) in [5, 5.41) is 7.41. The first-order valence-corrected chi connectivity index (χ1v) is 7.86. The van der Waals surface area contributed by atoms with Crippen molar-refractivity contribution in [3.8, 4) is 16.9 Å². The standard InChI is InChI=1S/C21H20N2O/c1-15-18(8-5-9-20(15)16-6-3-2-4-7-16)14-24-19-12-10-17(11-13-19)21(22)23/h2-13H,14H2,1H3,(H3,22,23). The Morgan fingerprint density at radius 2 is 1.62 bits per heavy atom. The van der Waals surface area contributed by atoms with Crippen molar-refractivity contribution in [1.29, 1.82) is 5.41 Å². The zero-order chi connectivity index (χ0) is 16.9. The number of hydrogen-bond donors (Lipinski definition) is 2. The lowest BCUT2D eigenvalue weighted by Crippen LogP contribution is -2.10. The molecule has 0 spiro atoms. The number of nitrogen functional groups attached to an aromatic ring is 1. The van der Waals surface area contributed by atoms with Gasteiger partial charge in [0, 0.05) is 5.56 Å². The molecule has 3 aromatic carbocycles. The minimum atomic E-state index is 0.0629. The van der Waals surface area contributed by atoms with Gasteiger partial charge in [-0.1, -0.05) is 48.5 Å². The summed E-state index contributed by atoms with van der Waals surface area (Å²) < 4.78 is 5.89. The van der Waals surface area contributed by atoms with Crippen molar-refractivity contribution in [2.24, 2.45) is 5.73 Å². The van der Waals surface area contributed by atoms with Crippen molar-refractivity contribution in [2.45, 2.75) is 13.5 Å². The van der Waals surface area contributed by atoms with Crippen LogP contribution < -0.4 is 10.5 Å². The van der Waals surface area contributed by atoms with Gasteiger partial charge in [-0.05, 0) is 53.4 Å². The number of benzene rings is 3. The van der Waals surface area contributed by atoms with Crippen molar-refractivity contribution in [1.82, 2.24) is 0 Å². The Hall–Kier alpha value is -3.07. The maximum Gasteiger partial charge on any atom is 0.122 e. The summed E-state index contributed by atoms with van der Waals surface area (Å²) in [5.41, 5.74) is 11.0. The average Bonchev–Trinajstić information content (AvgIpc) is 2.62. The molecule has 0 heterocycles. The predicted octanol–water partition coefficient (Wildman–Crippen LogP) is 4.53. The molecule has 24 heavy (non-hydrogen) atoms. The topological polar surface area (TPSA) is 59.1 Å². The molecule has 3 nitrogen and oxygen atoms in total. The van der Waals surface area contributed by atoms with E-state index in [4.69, 9.17) is 15.9 Å². The summed E-state index contributed by atoms with van der Waals surface area (Å²) in [7, 11) is 0. The van der Waals surface area contributed by atoms with Gasteiger partial charge < -0.3 is 10.5 Å². The molecular formula is C21H20N2O. The van der Waals surface area contributed by atoms with Crippen molar-refractivity contribution < 1.29 is 4.74 Å². The molecule has 0 saturated heterocycles. The maximum absolute atomic E-state index is 7.41. The van der Waals surface area contributed by atoms with Crippen molar-refractivity contribution in [2.75, 3.05) is 0 Å². The number of nitrogens with one attached hydrogen (secondary N) is 1. The van der Waals surface area contributed by atoms with Gasteiger partial charge >= 0.3 is 0 Å². The van der Waals surface area contributed by atoms with E-state index in [1.807, 2.05) is 18.2 Å². The SMILES string of the molecule is Cc1c(COc2ccc(C(=N)N)cc2)cccc1-c1ccccc1. The third kappa shape index (κ3) is 3.46. The van der Waals surface area contributed by atoms with Gasteiger partial charge in [-0.3, -0.25) is 5.41 Å². The molecule has 0 saturated carbocycles. The van der Waals surface area contributed by atoms with E-state index >= 15 is 0 Å². The molecule has 0 aliphatic rings. The number of nitrogens with two attached hydrogens (primary N) is 1. The molecule has 0 amide bonds. The Bertz CT molecular complexity index is 839. The van der Waals surface area contributed by atoms with Crippen LogP contribution in [-0.2, 0) is 6.61 Å². The summed E-state index contributed by atoms with van der Waals surface area (Å²) in [4.78, 5) is 0. The van der Waals surface area contributed by atoms with Crippen molar-refractivity contribution in [3.63, 3.8) is 0 Å². The summed E-state index contributed by atoms with van der Waals surface area (Å²) in [6.07, 6.45) is 0. The first-order valence-electron chi connectivity index (χ1n) is 7.86. The number of rotatable bonds is 5. The van der Waals surface area contributed by atoms with Crippen LogP contribution in [0.5, 0.6) is 5.75 Å². The van der Waals surface area contributed by atoms with Crippen molar-refractivity contribution in [3.05, 3.63) is 89.5 Å². The zero-order valence-electron chi connectivity index (χ0n) is 13.6. The van der Waals surface area contributed by atoms with Crippen LogP contribution >= 0.6 is 0 Å². The van der Waals surface area contributed by atoms with Crippen LogP contribution in [0.2, 0.25) is 0 Å². The lowest BCUT2D eigenvalue weighted by Gasteiger charge is -2.13. The molecule has 3 heteroatoms. The highest BCUT2D eigenvalue weighted by Gasteiger charge is 2.07. The molecule has 0 aliphatic heterocycles. The molecule has 0 aliphatic carbocycles. The second kappa shape index (κ2) is 7.01. The van der Waals surface area contributed by atoms with E-state index in [1.54, 1.807) is 12.1 Å². The normalized spacial score (nSPS) is 10.4. The van der Waals surface area contributed by atoms with E-state index in [9.17, 15) is 0 Å². The number of hydrogen-bond acceptors (Lipinski definition) is 2.